The molecule has 0 spiro atoms. The highest BCUT2D eigenvalue weighted by molar-refractivity contribution is 5.65. The predicted octanol–water partition coefficient (Wildman–Crippen LogP) is 2.67. The van der Waals surface area contributed by atoms with Crippen LogP contribution in [0, 0.1) is 12.3 Å². The quantitative estimate of drug-likeness (QED) is 0.857. The van der Waals surface area contributed by atoms with Crippen molar-refractivity contribution in [2.75, 3.05) is 5.73 Å². The largest absolute Gasteiger partial charge is 0.399 e. The molecule has 0 aliphatic rings. The van der Waals surface area contributed by atoms with Gasteiger partial charge in [-0.3, -0.25) is 0 Å². The van der Waals surface area contributed by atoms with Crippen LogP contribution in [-0.4, -0.2) is 20.2 Å². The van der Waals surface area contributed by atoms with Crippen LogP contribution in [0.15, 0.2) is 18.2 Å². The molecule has 2 aromatic rings. The minimum atomic E-state index is 0.165. The van der Waals surface area contributed by atoms with Gasteiger partial charge in [0.05, 0.1) is 6.54 Å². The molecule has 0 aliphatic carbocycles. The van der Waals surface area contributed by atoms with Crippen molar-refractivity contribution in [3.05, 3.63) is 23.8 Å². The van der Waals surface area contributed by atoms with Gasteiger partial charge in [0.15, 0.2) is 5.82 Å². The van der Waals surface area contributed by atoms with Gasteiger partial charge in [0.25, 0.3) is 0 Å². The number of rotatable bonds is 4. The highest BCUT2D eigenvalue weighted by Gasteiger charge is 2.20. The molecule has 0 unspecified atom stereocenters. The van der Waals surface area contributed by atoms with Crippen LogP contribution in [0.1, 0.15) is 32.8 Å². The summed E-state index contributed by atoms with van der Waals surface area (Å²) in [5.41, 5.74) is 8.87. The molecule has 19 heavy (non-hydrogen) atoms. The van der Waals surface area contributed by atoms with Gasteiger partial charge in [-0.05, 0) is 46.9 Å². The van der Waals surface area contributed by atoms with Gasteiger partial charge in [0, 0.05) is 11.3 Å². The Balaban J connectivity index is 2.42. The van der Waals surface area contributed by atoms with Gasteiger partial charge in [-0.1, -0.05) is 26.8 Å². The summed E-state index contributed by atoms with van der Waals surface area (Å²) in [7, 11) is 0. The van der Waals surface area contributed by atoms with Gasteiger partial charge in [-0.15, -0.1) is 5.10 Å². The van der Waals surface area contributed by atoms with E-state index in [0.717, 1.165) is 35.6 Å². The molecular weight excluding hydrogens is 238 g/mol. The first-order chi connectivity index (χ1) is 8.93. The average molecular weight is 259 g/mol. The molecule has 0 radical (unpaired) electrons. The van der Waals surface area contributed by atoms with Crippen molar-refractivity contribution >= 4 is 5.69 Å². The Morgan fingerprint density at radius 3 is 2.74 bits per heavy atom. The van der Waals surface area contributed by atoms with E-state index in [0.29, 0.717) is 0 Å². The lowest BCUT2D eigenvalue weighted by atomic mass is 9.90. The molecule has 1 aromatic carbocycles. The van der Waals surface area contributed by atoms with E-state index < -0.39 is 0 Å². The smallest absolute Gasteiger partial charge is 0.182 e. The Morgan fingerprint density at radius 1 is 1.32 bits per heavy atom. The van der Waals surface area contributed by atoms with Crippen molar-refractivity contribution in [2.24, 2.45) is 5.41 Å². The number of aryl methyl sites for hydroxylation is 1. The van der Waals surface area contributed by atoms with E-state index in [1.807, 2.05) is 29.8 Å². The summed E-state index contributed by atoms with van der Waals surface area (Å²) in [6, 6.07) is 5.81. The van der Waals surface area contributed by atoms with E-state index in [1.165, 1.54) is 0 Å². The van der Waals surface area contributed by atoms with Crippen LogP contribution >= 0.6 is 0 Å². The van der Waals surface area contributed by atoms with Crippen LogP contribution in [0.2, 0.25) is 0 Å². The third kappa shape index (κ3) is 2.92. The number of tetrazole rings is 1. The molecule has 0 saturated carbocycles. The minimum absolute atomic E-state index is 0.165. The molecule has 0 aliphatic heterocycles. The highest BCUT2D eigenvalue weighted by Crippen LogP contribution is 2.27. The van der Waals surface area contributed by atoms with Crippen molar-refractivity contribution in [1.82, 2.24) is 20.2 Å². The SMILES string of the molecule is CCC(C)(C)Cn1nnnc1-c1cc(N)ccc1C. The first-order valence-electron chi connectivity index (χ1n) is 6.55. The Morgan fingerprint density at radius 2 is 2.05 bits per heavy atom. The fraction of sp³-hybridized carbons (Fsp3) is 0.500. The molecule has 5 nitrogen and oxygen atoms in total. The van der Waals surface area contributed by atoms with E-state index >= 15 is 0 Å². The molecular formula is C14H21N5. The van der Waals surface area contributed by atoms with Crippen LogP contribution in [-0.2, 0) is 6.54 Å². The van der Waals surface area contributed by atoms with Crippen molar-refractivity contribution in [3.8, 4) is 11.4 Å². The molecule has 102 valence electrons. The standard InChI is InChI=1S/C14H21N5/c1-5-14(3,4)9-19-13(16-17-18-19)12-8-11(15)7-6-10(12)2/h6-8H,5,9,15H2,1-4H3. The summed E-state index contributed by atoms with van der Waals surface area (Å²) >= 11 is 0. The number of benzene rings is 1. The number of nitrogens with two attached hydrogens (primary N) is 1. The van der Waals surface area contributed by atoms with Crippen LogP contribution in [0.4, 0.5) is 5.69 Å². The van der Waals surface area contributed by atoms with Gasteiger partial charge < -0.3 is 5.73 Å². The zero-order valence-corrected chi connectivity index (χ0v) is 12.0. The lowest BCUT2D eigenvalue weighted by Crippen LogP contribution is -2.20. The minimum Gasteiger partial charge on any atom is -0.399 e. The summed E-state index contributed by atoms with van der Waals surface area (Å²) in [5, 5.41) is 12.1. The molecule has 0 bridgehead atoms. The Hall–Kier alpha value is -1.91. The third-order valence-corrected chi connectivity index (χ3v) is 3.57. The topological polar surface area (TPSA) is 69.6 Å². The van der Waals surface area contributed by atoms with Crippen molar-refractivity contribution in [3.63, 3.8) is 0 Å². The van der Waals surface area contributed by atoms with Crippen LogP contribution in [0.5, 0.6) is 0 Å². The van der Waals surface area contributed by atoms with Gasteiger partial charge >= 0.3 is 0 Å². The number of nitrogens with zero attached hydrogens (tertiary/aromatic N) is 4. The second-order valence-corrected chi connectivity index (χ2v) is 5.75. The number of nitrogen functional groups attached to an aromatic ring is 1. The monoisotopic (exact) mass is 259 g/mol. The van der Waals surface area contributed by atoms with E-state index in [4.69, 9.17) is 5.73 Å². The van der Waals surface area contributed by atoms with Gasteiger partial charge in [0.2, 0.25) is 0 Å². The highest BCUT2D eigenvalue weighted by atomic mass is 15.5. The zero-order chi connectivity index (χ0) is 14.0. The second-order valence-electron chi connectivity index (χ2n) is 5.75. The van der Waals surface area contributed by atoms with Crippen molar-refractivity contribution in [2.45, 2.75) is 40.7 Å². The first-order valence-corrected chi connectivity index (χ1v) is 6.55. The van der Waals surface area contributed by atoms with Gasteiger partial charge in [0.1, 0.15) is 0 Å². The van der Waals surface area contributed by atoms with Crippen LogP contribution in [0.25, 0.3) is 11.4 Å². The second kappa shape index (κ2) is 4.99. The molecule has 0 saturated heterocycles. The van der Waals surface area contributed by atoms with E-state index in [2.05, 4.69) is 36.3 Å². The summed E-state index contributed by atoms with van der Waals surface area (Å²) in [5.74, 6) is 0.784. The van der Waals surface area contributed by atoms with Gasteiger partial charge in [-0.2, -0.15) is 0 Å². The molecule has 1 aromatic heterocycles. The summed E-state index contributed by atoms with van der Waals surface area (Å²) in [6.45, 7) is 9.43. The van der Waals surface area contributed by atoms with E-state index in [9.17, 15) is 0 Å². The molecule has 5 heteroatoms. The molecule has 0 fully saturated rings. The fourth-order valence-corrected chi connectivity index (χ4v) is 1.90. The number of aromatic nitrogens is 4. The lowest BCUT2D eigenvalue weighted by Gasteiger charge is -2.22. The number of hydrogen-bond donors (Lipinski definition) is 1. The van der Waals surface area contributed by atoms with E-state index in [1.54, 1.807) is 0 Å². The summed E-state index contributed by atoms with van der Waals surface area (Å²) in [4.78, 5) is 0. The molecule has 0 amide bonds. The maximum atomic E-state index is 5.86. The molecule has 1 heterocycles. The maximum absolute atomic E-state index is 5.86. The van der Waals surface area contributed by atoms with Crippen molar-refractivity contribution < 1.29 is 0 Å². The molecule has 2 rings (SSSR count). The third-order valence-electron chi connectivity index (χ3n) is 3.57. The summed E-state index contributed by atoms with van der Waals surface area (Å²) in [6.07, 6.45) is 1.07. The Kier molecular flexibility index (Phi) is 3.55. The molecule has 2 N–H and O–H groups in total. The average Bonchev–Trinajstić information content (AvgIpc) is 2.79. The lowest BCUT2D eigenvalue weighted by molar-refractivity contribution is 0.279. The first kappa shape index (κ1) is 13.5. The fourth-order valence-electron chi connectivity index (χ4n) is 1.90. The van der Waals surface area contributed by atoms with Gasteiger partial charge in [-0.25, -0.2) is 4.68 Å². The normalized spacial score (nSPS) is 11.8. The summed E-state index contributed by atoms with van der Waals surface area (Å²) < 4.78 is 1.87. The van der Waals surface area contributed by atoms with E-state index in [-0.39, 0.29) is 5.41 Å². The maximum Gasteiger partial charge on any atom is 0.182 e. The predicted molar refractivity (Wildman–Crippen MR) is 76.5 cm³/mol. The number of hydrogen-bond acceptors (Lipinski definition) is 4. The van der Waals surface area contributed by atoms with Crippen LogP contribution in [0.3, 0.4) is 0 Å². The zero-order valence-electron chi connectivity index (χ0n) is 12.0. The van der Waals surface area contributed by atoms with Crippen LogP contribution < -0.4 is 5.73 Å². The molecule has 0 atom stereocenters. The van der Waals surface area contributed by atoms with Crippen molar-refractivity contribution in [1.29, 1.82) is 0 Å². The Bertz CT molecular complexity index is 571. The Labute approximate surface area is 113 Å². The number of anilines is 1.